The summed E-state index contributed by atoms with van der Waals surface area (Å²) in [6, 6.07) is 9.83. The highest BCUT2D eigenvalue weighted by Crippen LogP contribution is 2.34. The smallest absolute Gasteiger partial charge is 0.231 e. The summed E-state index contributed by atoms with van der Waals surface area (Å²) in [6.07, 6.45) is 6.21. The Labute approximate surface area is 184 Å². The number of benzene rings is 1. The molecule has 3 rings (SSSR count). The molecule has 2 aromatic rings. The first-order chi connectivity index (χ1) is 15.1. The Bertz CT molecular complexity index is 847. The van der Waals surface area contributed by atoms with Gasteiger partial charge in [-0.2, -0.15) is 0 Å². The summed E-state index contributed by atoms with van der Waals surface area (Å²) in [5.74, 6) is 2.96. The molecule has 6 heteroatoms. The van der Waals surface area contributed by atoms with E-state index in [9.17, 15) is 5.11 Å². The van der Waals surface area contributed by atoms with Crippen molar-refractivity contribution in [3.8, 4) is 11.5 Å². The van der Waals surface area contributed by atoms with Gasteiger partial charge >= 0.3 is 0 Å². The molecule has 1 aromatic heterocycles. The zero-order chi connectivity index (χ0) is 22.1. The minimum atomic E-state index is -1.02. The van der Waals surface area contributed by atoms with Crippen LogP contribution in [0.4, 0.5) is 0 Å². The highest BCUT2D eigenvalue weighted by Gasteiger charge is 2.31. The number of hydrogen-bond donors (Lipinski definition) is 1. The number of furan rings is 1. The van der Waals surface area contributed by atoms with Crippen molar-refractivity contribution >= 4 is 0 Å². The molecular weight excluding hydrogens is 394 g/mol. The lowest BCUT2D eigenvalue weighted by atomic mass is 9.89. The van der Waals surface area contributed by atoms with E-state index in [4.69, 9.17) is 18.6 Å². The molecule has 0 radical (unpaired) electrons. The van der Waals surface area contributed by atoms with Gasteiger partial charge in [0.15, 0.2) is 11.5 Å². The Morgan fingerprint density at radius 1 is 1.06 bits per heavy atom. The first kappa shape index (κ1) is 23.1. The average molecular weight is 428 g/mol. The lowest BCUT2D eigenvalue weighted by Gasteiger charge is -2.25. The second kappa shape index (κ2) is 11.2. The van der Waals surface area contributed by atoms with E-state index < -0.39 is 5.60 Å². The van der Waals surface area contributed by atoms with Gasteiger partial charge < -0.3 is 23.7 Å². The average Bonchev–Trinajstić information content (AvgIpc) is 3.44. The molecule has 0 amide bonds. The third kappa shape index (κ3) is 6.23. The van der Waals surface area contributed by atoms with Crippen molar-refractivity contribution in [1.29, 1.82) is 0 Å². The molecule has 0 spiro atoms. The second-order valence-corrected chi connectivity index (χ2v) is 7.84. The molecule has 2 heterocycles. The Morgan fingerprint density at radius 3 is 2.52 bits per heavy atom. The van der Waals surface area contributed by atoms with Crippen LogP contribution < -0.4 is 9.47 Å². The fraction of sp³-hybridized carbons (Fsp3) is 0.440. The zero-order valence-corrected chi connectivity index (χ0v) is 18.3. The van der Waals surface area contributed by atoms with Crippen LogP contribution in [0.5, 0.6) is 11.5 Å². The highest BCUT2D eigenvalue weighted by atomic mass is 16.7. The number of aliphatic hydroxyl groups is 1. The quantitative estimate of drug-likeness (QED) is 0.438. The third-order valence-electron chi connectivity index (χ3n) is 5.48. The largest absolute Gasteiger partial charge is 0.462 e. The van der Waals surface area contributed by atoms with E-state index in [0.717, 1.165) is 29.4 Å². The predicted octanol–water partition coefficient (Wildman–Crippen LogP) is 4.78. The molecule has 31 heavy (non-hydrogen) atoms. The van der Waals surface area contributed by atoms with Gasteiger partial charge in [0.2, 0.25) is 6.79 Å². The SMILES string of the molecule is C=CCCC(O)(CCC=C)c1ccc(CN(CCOC)Cc2ccc3c(c2)OCO3)o1. The van der Waals surface area contributed by atoms with Gasteiger partial charge in [0, 0.05) is 20.2 Å². The van der Waals surface area contributed by atoms with Gasteiger partial charge in [-0.15, -0.1) is 13.2 Å². The normalized spacial score (nSPS) is 13.0. The molecule has 0 saturated heterocycles. The molecule has 1 aromatic carbocycles. The maximum absolute atomic E-state index is 11.2. The minimum Gasteiger partial charge on any atom is -0.462 e. The van der Waals surface area contributed by atoms with Gasteiger partial charge in [0.05, 0.1) is 13.2 Å². The number of allylic oxidation sites excluding steroid dienone is 2. The van der Waals surface area contributed by atoms with Crippen LogP contribution in [-0.2, 0) is 23.4 Å². The topological polar surface area (TPSA) is 64.3 Å². The monoisotopic (exact) mass is 427 g/mol. The van der Waals surface area contributed by atoms with Crippen LogP contribution in [0.1, 0.15) is 42.8 Å². The van der Waals surface area contributed by atoms with E-state index in [1.54, 1.807) is 7.11 Å². The van der Waals surface area contributed by atoms with Crippen LogP contribution in [-0.4, -0.2) is 37.1 Å². The Kier molecular flexibility index (Phi) is 8.35. The molecule has 0 fully saturated rings. The molecular formula is C25H33NO5. The van der Waals surface area contributed by atoms with E-state index in [1.807, 2.05) is 42.5 Å². The second-order valence-electron chi connectivity index (χ2n) is 7.84. The van der Waals surface area contributed by atoms with Crippen LogP contribution in [0, 0.1) is 0 Å². The first-order valence-corrected chi connectivity index (χ1v) is 10.7. The predicted molar refractivity (Wildman–Crippen MR) is 120 cm³/mol. The molecule has 1 aliphatic heterocycles. The highest BCUT2D eigenvalue weighted by molar-refractivity contribution is 5.44. The summed E-state index contributed by atoms with van der Waals surface area (Å²) in [7, 11) is 1.70. The summed E-state index contributed by atoms with van der Waals surface area (Å²) in [6.45, 7) is 10.5. The lowest BCUT2D eigenvalue weighted by Crippen LogP contribution is -2.27. The summed E-state index contributed by atoms with van der Waals surface area (Å²) < 4.78 is 22.3. The maximum Gasteiger partial charge on any atom is 0.231 e. The fourth-order valence-electron chi connectivity index (χ4n) is 3.72. The summed E-state index contributed by atoms with van der Waals surface area (Å²) in [5, 5.41) is 11.2. The molecule has 1 aliphatic rings. The van der Waals surface area contributed by atoms with Crippen molar-refractivity contribution < 1.29 is 23.7 Å². The zero-order valence-electron chi connectivity index (χ0n) is 18.3. The van der Waals surface area contributed by atoms with E-state index in [-0.39, 0.29) is 6.79 Å². The summed E-state index contributed by atoms with van der Waals surface area (Å²) in [4.78, 5) is 2.25. The summed E-state index contributed by atoms with van der Waals surface area (Å²) >= 11 is 0. The molecule has 0 unspecified atom stereocenters. The van der Waals surface area contributed by atoms with Gasteiger partial charge in [-0.3, -0.25) is 4.90 Å². The molecule has 0 bridgehead atoms. The van der Waals surface area contributed by atoms with Crippen LogP contribution in [0.15, 0.2) is 60.1 Å². The Hall–Kier alpha value is -2.54. The van der Waals surface area contributed by atoms with Crippen molar-refractivity contribution in [3.05, 3.63) is 72.7 Å². The molecule has 0 aliphatic carbocycles. The van der Waals surface area contributed by atoms with Gasteiger partial charge in [-0.25, -0.2) is 0 Å². The van der Waals surface area contributed by atoms with Crippen molar-refractivity contribution in [2.75, 3.05) is 27.1 Å². The first-order valence-electron chi connectivity index (χ1n) is 10.7. The number of ether oxygens (including phenoxy) is 3. The van der Waals surface area contributed by atoms with Gasteiger partial charge in [0.1, 0.15) is 17.1 Å². The van der Waals surface area contributed by atoms with Gasteiger partial charge in [-0.05, 0) is 55.5 Å². The molecule has 0 saturated carbocycles. The van der Waals surface area contributed by atoms with Crippen LogP contribution >= 0.6 is 0 Å². The molecule has 6 nitrogen and oxygen atoms in total. The van der Waals surface area contributed by atoms with Gasteiger partial charge in [-0.1, -0.05) is 18.2 Å². The maximum atomic E-state index is 11.2. The number of methoxy groups -OCH3 is 1. The number of fused-ring (bicyclic) bond motifs is 1. The number of nitrogens with zero attached hydrogens (tertiary/aromatic N) is 1. The van der Waals surface area contributed by atoms with E-state index in [2.05, 4.69) is 18.1 Å². The molecule has 1 N–H and O–H groups in total. The molecule has 0 atom stereocenters. The standard InChI is InChI=1S/C25H33NO5/c1-4-6-12-25(27,13-7-5-2)24-11-9-21(31-24)18-26(14-15-28-3)17-20-8-10-22-23(16-20)30-19-29-22/h4-5,8-11,16,27H,1-2,6-7,12-15,17-19H2,3H3. The Balaban J connectivity index is 1.71. The van der Waals surface area contributed by atoms with Crippen molar-refractivity contribution in [1.82, 2.24) is 4.90 Å². The Morgan fingerprint density at radius 2 is 1.81 bits per heavy atom. The van der Waals surface area contributed by atoms with Crippen molar-refractivity contribution in [2.24, 2.45) is 0 Å². The minimum absolute atomic E-state index is 0.266. The van der Waals surface area contributed by atoms with E-state index in [0.29, 0.717) is 51.1 Å². The van der Waals surface area contributed by atoms with Crippen molar-refractivity contribution in [2.45, 2.75) is 44.4 Å². The van der Waals surface area contributed by atoms with Crippen LogP contribution in [0.3, 0.4) is 0 Å². The van der Waals surface area contributed by atoms with E-state index >= 15 is 0 Å². The summed E-state index contributed by atoms with van der Waals surface area (Å²) in [5.41, 5.74) is 0.107. The van der Waals surface area contributed by atoms with Crippen molar-refractivity contribution in [3.63, 3.8) is 0 Å². The van der Waals surface area contributed by atoms with Gasteiger partial charge in [0.25, 0.3) is 0 Å². The number of hydrogen-bond acceptors (Lipinski definition) is 6. The number of rotatable bonds is 14. The van der Waals surface area contributed by atoms with E-state index in [1.165, 1.54) is 0 Å². The van der Waals surface area contributed by atoms with Crippen LogP contribution in [0.2, 0.25) is 0 Å². The lowest BCUT2D eigenvalue weighted by molar-refractivity contribution is -0.00227. The van der Waals surface area contributed by atoms with Crippen LogP contribution in [0.25, 0.3) is 0 Å². The fourth-order valence-corrected chi connectivity index (χ4v) is 3.72. The molecule has 168 valence electrons. The third-order valence-corrected chi connectivity index (χ3v) is 5.48.